The van der Waals surface area contributed by atoms with E-state index in [1.165, 1.54) is 4.57 Å². The summed E-state index contributed by atoms with van der Waals surface area (Å²) in [5.41, 5.74) is 0.630. The van der Waals surface area contributed by atoms with Crippen LogP contribution < -0.4 is 5.56 Å². The van der Waals surface area contributed by atoms with Gasteiger partial charge >= 0.3 is 0 Å². The van der Waals surface area contributed by atoms with Crippen LogP contribution in [0.2, 0.25) is 0 Å². The highest BCUT2D eigenvalue weighted by atomic mass is 16.1. The molecule has 0 fully saturated rings. The minimum atomic E-state index is -0.268. The second-order valence-corrected chi connectivity index (χ2v) is 3.87. The molecule has 0 spiro atoms. The zero-order valence-corrected chi connectivity index (χ0v) is 9.71. The van der Waals surface area contributed by atoms with Crippen LogP contribution in [-0.2, 0) is 13.6 Å². The molecule has 17 heavy (non-hydrogen) atoms. The van der Waals surface area contributed by atoms with Gasteiger partial charge in [-0.2, -0.15) is 5.26 Å². The smallest absolute Gasteiger partial charge is 0.269 e. The maximum Gasteiger partial charge on any atom is 0.269 e. The van der Waals surface area contributed by atoms with E-state index in [4.69, 9.17) is 5.26 Å². The Bertz CT molecular complexity index is 645. The van der Waals surface area contributed by atoms with Gasteiger partial charge in [0.2, 0.25) is 0 Å². The molecule has 0 aliphatic rings. The monoisotopic (exact) mass is 228 g/mol. The van der Waals surface area contributed by atoms with Crippen LogP contribution in [0.1, 0.15) is 17.0 Å². The van der Waals surface area contributed by atoms with Crippen molar-refractivity contribution in [2.75, 3.05) is 0 Å². The van der Waals surface area contributed by atoms with Crippen LogP contribution in [-0.4, -0.2) is 14.1 Å². The van der Waals surface area contributed by atoms with E-state index < -0.39 is 0 Å². The van der Waals surface area contributed by atoms with Crippen molar-refractivity contribution in [3.63, 3.8) is 0 Å². The van der Waals surface area contributed by atoms with Gasteiger partial charge in [-0.3, -0.25) is 4.79 Å². The summed E-state index contributed by atoms with van der Waals surface area (Å²) in [5.74, 6) is 0.778. The second-order valence-electron chi connectivity index (χ2n) is 3.87. The number of pyridine rings is 1. The maximum absolute atomic E-state index is 12.0. The molecule has 0 saturated carbocycles. The van der Waals surface area contributed by atoms with Crippen molar-refractivity contribution >= 4 is 0 Å². The Hall–Kier alpha value is -2.35. The SMILES string of the molecule is Cc1ccn(Cc2nccn2C)c(=O)c1C#N. The number of nitriles is 1. The van der Waals surface area contributed by atoms with Crippen molar-refractivity contribution in [3.8, 4) is 6.07 Å². The van der Waals surface area contributed by atoms with Crippen LogP contribution in [0, 0.1) is 18.3 Å². The van der Waals surface area contributed by atoms with E-state index in [0.29, 0.717) is 12.1 Å². The van der Waals surface area contributed by atoms with Gasteiger partial charge in [-0.1, -0.05) is 0 Å². The maximum atomic E-state index is 12.0. The summed E-state index contributed by atoms with van der Waals surface area (Å²) in [5, 5.41) is 8.92. The number of nitrogens with zero attached hydrogens (tertiary/aromatic N) is 4. The molecule has 0 radical (unpaired) electrons. The molecule has 0 unspecified atom stereocenters. The molecule has 0 amide bonds. The average Bonchev–Trinajstić information content (AvgIpc) is 2.69. The Kier molecular flexibility index (Phi) is 2.79. The summed E-state index contributed by atoms with van der Waals surface area (Å²) >= 11 is 0. The zero-order chi connectivity index (χ0) is 12.4. The minimum Gasteiger partial charge on any atom is -0.337 e. The second kappa shape index (κ2) is 4.26. The number of aromatic nitrogens is 3. The third-order valence-electron chi connectivity index (χ3n) is 2.72. The number of imidazole rings is 1. The van der Waals surface area contributed by atoms with Crippen molar-refractivity contribution in [2.45, 2.75) is 13.5 Å². The van der Waals surface area contributed by atoms with Gasteiger partial charge in [0.15, 0.2) is 0 Å². The molecule has 5 nitrogen and oxygen atoms in total. The van der Waals surface area contributed by atoms with Crippen molar-refractivity contribution in [3.05, 3.63) is 52.0 Å². The highest BCUT2D eigenvalue weighted by Crippen LogP contribution is 2.02. The molecular formula is C12H12N4O. The van der Waals surface area contributed by atoms with E-state index in [9.17, 15) is 4.79 Å². The first kappa shape index (κ1) is 11.1. The van der Waals surface area contributed by atoms with E-state index in [2.05, 4.69) is 4.98 Å². The zero-order valence-electron chi connectivity index (χ0n) is 9.71. The van der Waals surface area contributed by atoms with Gasteiger partial charge in [0.1, 0.15) is 17.5 Å². The van der Waals surface area contributed by atoms with E-state index in [0.717, 1.165) is 5.82 Å². The number of rotatable bonds is 2. The molecule has 0 aliphatic carbocycles. The molecule has 0 bridgehead atoms. The van der Waals surface area contributed by atoms with Gasteiger partial charge in [0, 0.05) is 25.6 Å². The molecule has 2 aromatic rings. The van der Waals surface area contributed by atoms with Gasteiger partial charge in [-0.05, 0) is 18.6 Å². The third kappa shape index (κ3) is 1.97. The van der Waals surface area contributed by atoms with E-state index >= 15 is 0 Å². The molecule has 5 heteroatoms. The largest absolute Gasteiger partial charge is 0.337 e. The summed E-state index contributed by atoms with van der Waals surface area (Å²) < 4.78 is 3.34. The van der Waals surface area contributed by atoms with Gasteiger partial charge in [0.05, 0.1) is 6.54 Å². The van der Waals surface area contributed by atoms with Crippen LogP contribution in [0.4, 0.5) is 0 Å². The van der Waals surface area contributed by atoms with Crippen molar-refractivity contribution in [1.29, 1.82) is 5.26 Å². The first-order chi connectivity index (χ1) is 8.13. The summed E-state index contributed by atoms with van der Waals surface area (Å²) in [6.45, 7) is 2.13. The molecule has 2 heterocycles. The lowest BCUT2D eigenvalue weighted by atomic mass is 10.2. The molecule has 0 N–H and O–H groups in total. The predicted molar refractivity (Wildman–Crippen MR) is 62.5 cm³/mol. The summed E-state index contributed by atoms with van der Waals surface area (Å²) in [6, 6.07) is 3.70. The topological polar surface area (TPSA) is 63.6 Å². The molecule has 2 aromatic heterocycles. The Labute approximate surface area is 98.6 Å². The Balaban J connectivity index is 2.46. The first-order valence-corrected chi connectivity index (χ1v) is 5.20. The van der Waals surface area contributed by atoms with Crippen LogP contribution in [0.25, 0.3) is 0 Å². The average molecular weight is 228 g/mol. The van der Waals surface area contributed by atoms with Crippen LogP contribution in [0.3, 0.4) is 0 Å². The van der Waals surface area contributed by atoms with Crippen LogP contribution in [0.15, 0.2) is 29.5 Å². The Morgan fingerprint density at radius 2 is 2.24 bits per heavy atom. The number of hydrogen-bond donors (Lipinski definition) is 0. The van der Waals surface area contributed by atoms with Crippen LogP contribution in [0.5, 0.6) is 0 Å². The Morgan fingerprint density at radius 3 is 2.82 bits per heavy atom. The number of aryl methyl sites for hydroxylation is 2. The van der Waals surface area contributed by atoms with Crippen LogP contribution >= 0.6 is 0 Å². The molecule has 0 aliphatic heterocycles. The molecule has 0 saturated heterocycles. The lowest BCUT2D eigenvalue weighted by molar-refractivity contribution is 0.676. The van der Waals surface area contributed by atoms with Crippen molar-refractivity contribution < 1.29 is 0 Å². The quantitative estimate of drug-likeness (QED) is 0.764. The summed E-state index contributed by atoms with van der Waals surface area (Å²) in [6.07, 6.45) is 5.19. The van der Waals surface area contributed by atoms with E-state index in [-0.39, 0.29) is 11.1 Å². The van der Waals surface area contributed by atoms with Gasteiger partial charge < -0.3 is 9.13 Å². The van der Waals surface area contributed by atoms with Gasteiger partial charge in [0.25, 0.3) is 5.56 Å². The van der Waals surface area contributed by atoms with E-state index in [1.807, 2.05) is 23.9 Å². The Morgan fingerprint density at radius 1 is 1.47 bits per heavy atom. The van der Waals surface area contributed by atoms with Gasteiger partial charge in [-0.15, -0.1) is 0 Å². The molecular weight excluding hydrogens is 216 g/mol. The first-order valence-electron chi connectivity index (χ1n) is 5.20. The fourth-order valence-electron chi connectivity index (χ4n) is 1.63. The normalized spacial score (nSPS) is 10.2. The van der Waals surface area contributed by atoms with Crippen molar-refractivity contribution in [2.24, 2.45) is 7.05 Å². The third-order valence-corrected chi connectivity index (χ3v) is 2.72. The minimum absolute atomic E-state index is 0.196. The van der Waals surface area contributed by atoms with Crippen molar-refractivity contribution in [1.82, 2.24) is 14.1 Å². The summed E-state index contributed by atoms with van der Waals surface area (Å²) in [7, 11) is 1.87. The lowest BCUT2D eigenvalue weighted by Gasteiger charge is -2.07. The highest BCUT2D eigenvalue weighted by molar-refractivity contribution is 5.34. The number of hydrogen-bond acceptors (Lipinski definition) is 3. The highest BCUT2D eigenvalue weighted by Gasteiger charge is 2.08. The fourth-order valence-corrected chi connectivity index (χ4v) is 1.63. The molecule has 2 rings (SSSR count). The fraction of sp³-hybridized carbons (Fsp3) is 0.250. The molecule has 0 aromatic carbocycles. The lowest BCUT2D eigenvalue weighted by Crippen LogP contribution is -2.24. The molecule has 86 valence electrons. The standard InChI is InChI=1S/C12H12N4O/c1-9-3-5-16(12(17)10(9)7-13)8-11-14-4-6-15(11)2/h3-6H,8H2,1-2H3. The van der Waals surface area contributed by atoms with E-state index in [1.54, 1.807) is 25.4 Å². The predicted octanol–water partition coefficient (Wildman–Crippen LogP) is 0.810. The summed E-state index contributed by atoms with van der Waals surface area (Å²) in [4.78, 5) is 16.1. The molecule has 0 atom stereocenters. The van der Waals surface area contributed by atoms with Gasteiger partial charge in [-0.25, -0.2) is 4.98 Å².